The summed E-state index contributed by atoms with van der Waals surface area (Å²) in [5, 5.41) is 3.23. The number of nitrogens with one attached hydrogen (secondary N) is 1. The zero-order valence-electron chi connectivity index (χ0n) is 7.67. The maximum absolute atomic E-state index is 11.1. The third kappa shape index (κ3) is 2.19. The Morgan fingerprint density at radius 1 is 1.75 bits per heavy atom. The van der Waals surface area contributed by atoms with E-state index in [1.54, 1.807) is 14.0 Å². The molecule has 1 heterocycles. The van der Waals surface area contributed by atoms with Crippen LogP contribution in [0.2, 0.25) is 0 Å². The van der Waals surface area contributed by atoms with E-state index in [1.165, 1.54) is 0 Å². The molecule has 0 spiro atoms. The third-order valence-electron chi connectivity index (χ3n) is 2.11. The second kappa shape index (κ2) is 4.42. The minimum absolute atomic E-state index is 0.138. The minimum atomic E-state index is 0.138. The number of carbonyl (C=O) groups is 1. The summed E-state index contributed by atoms with van der Waals surface area (Å²) in [5.41, 5.74) is 0. The predicted molar refractivity (Wildman–Crippen MR) is 45.9 cm³/mol. The van der Waals surface area contributed by atoms with Crippen molar-refractivity contribution in [3.8, 4) is 0 Å². The third-order valence-corrected chi connectivity index (χ3v) is 2.11. The summed E-state index contributed by atoms with van der Waals surface area (Å²) in [6.45, 7) is 4.75. The lowest BCUT2D eigenvalue weighted by Gasteiger charge is -2.35. The van der Waals surface area contributed by atoms with Crippen LogP contribution in [-0.2, 0) is 9.53 Å². The second-order valence-corrected chi connectivity index (χ2v) is 3.03. The summed E-state index contributed by atoms with van der Waals surface area (Å²) in [7, 11) is 1.66. The molecule has 4 nitrogen and oxygen atoms in total. The molecule has 0 aliphatic carbocycles. The molecule has 1 unspecified atom stereocenters. The molecule has 1 atom stereocenters. The van der Waals surface area contributed by atoms with Crippen LogP contribution in [0, 0.1) is 0 Å². The Hall–Kier alpha value is -0.610. The quantitative estimate of drug-likeness (QED) is 0.608. The molecule has 1 rings (SSSR count). The van der Waals surface area contributed by atoms with E-state index in [4.69, 9.17) is 4.74 Å². The van der Waals surface area contributed by atoms with Crippen molar-refractivity contribution in [1.82, 2.24) is 10.2 Å². The minimum Gasteiger partial charge on any atom is -0.382 e. The highest BCUT2D eigenvalue weighted by Crippen LogP contribution is 2.03. The molecule has 0 saturated carbocycles. The average Bonchev–Trinajstić information content (AvgIpc) is 2.05. The van der Waals surface area contributed by atoms with Crippen molar-refractivity contribution in [1.29, 1.82) is 0 Å². The first-order valence-electron chi connectivity index (χ1n) is 4.22. The lowest BCUT2D eigenvalue weighted by molar-refractivity contribution is -0.133. The van der Waals surface area contributed by atoms with Gasteiger partial charge in [-0.3, -0.25) is 4.79 Å². The Bertz CT molecular complexity index is 159. The van der Waals surface area contributed by atoms with Gasteiger partial charge in [-0.2, -0.15) is 0 Å². The maximum atomic E-state index is 11.1. The fourth-order valence-electron chi connectivity index (χ4n) is 1.52. The number of hydrogen-bond acceptors (Lipinski definition) is 3. The van der Waals surface area contributed by atoms with Crippen LogP contribution >= 0.6 is 0 Å². The summed E-state index contributed by atoms with van der Waals surface area (Å²) in [6.07, 6.45) is 0. The molecular formula is C8H16N2O2. The SMILES string of the molecule is COCC1CNCCN1C(C)=O. The van der Waals surface area contributed by atoms with E-state index in [-0.39, 0.29) is 11.9 Å². The van der Waals surface area contributed by atoms with Crippen LogP contribution in [0.5, 0.6) is 0 Å². The highest BCUT2D eigenvalue weighted by molar-refractivity contribution is 5.73. The number of methoxy groups -OCH3 is 1. The number of carbonyl (C=O) groups excluding carboxylic acids is 1. The van der Waals surface area contributed by atoms with Crippen LogP contribution < -0.4 is 5.32 Å². The van der Waals surface area contributed by atoms with Crippen molar-refractivity contribution in [2.24, 2.45) is 0 Å². The van der Waals surface area contributed by atoms with Gasteiger partial charge in [-0.1, -0.05) is 0 Å². The van der Waals surface area contributed by atoms with Gasteiger partial charge in [-0.05, 0) is 0 Å². The van der Waals surface area contributed by atoms with Gasteiger partial charge in [-0.15, -0.1) is 0 Å². The standard InChI is InChI=1S/C8H16N2O2/c1-7(11)10-4-3-9-5-8(10)6-12-2/h8-9H,3-6H2,1-2H3. The summed E-state index contributed by atoms with van der Waals surface area (Å²) in [6, 6.07) is 0.209. The molecular weight excluding hydrogens is 156 g/mol. The van der Waals surface area contributed by atoms with Crippen LogP contribution in [0.1, 0.15) is 6.92 Å². The normalized spacial score (nSPS) is 24.2. The topological polar surface area (TPSA) is 41.6 Å². The average molecular weight is 172 g/mol. The van der Waals surface area contributed by atoms with E-state index < -0.39 is 0 Å². The molecule has 0 aromatic rings. The fourth-order valence-corrected chi connectivity index (χ4v) is 1.52. The predicted octanol–water partition coefficient (Wildman–Crippen LogP) is -0.547. The van der Waals surface area contributed by atoms with Gasteiger partial charge in [0.1, 0.15) is 0 Å². The Morgan fingerprint density at radius 2 is 2.50 bits per heavy atom. The van der Waals surface area contributed by atoms with Gasteiger partial charge in [0, 0.05) is 33.7 Å². The van der Waals surface area contributed by atoms with Crippen LogP contribution in [0.15, 0.2) is 0 Å². The monoisotopic (exact) mass is 172 g/mol. The Labute approximate surface area is 72.9 Å². The Morgan fingerprint density at radius 3 is 3.08 bits per heavy atom. The first-order chi connectivity index (χ1) is 5.75. The lowest BCUT2D eigenvalue weighted by atomic mass is 10.2. The summed E-state index contributed by atoms with van der Waals surface area (Å²) < 4.78 is 5.03. The van der Waals surface area contributed by atoms with Crippen molar-refractivity contribution in [2.75, 3.05) is 33.4 Å². The summed E-state index contributed by atoms with van der Waals surface area (Å²) >= 11 is 0. The number of ether oxygens (including phenoxy) is 1. The van der Waals surface area contributed by atoms with Gasteiger partial charge in [-0.25, -0.2) is 0 Å². The summed E-state index contributed by atoms with van der Waals surface area (Å²) in [5.74, 6) is 0.138. The lowest BCUT2D eigenvalue weighted by Crippen LogP contribution is -2.54. The Kier molecular flexibility index (Phi) is 3.49. The molecule has 0 bridgehead atoms. The van der Waals surface area contributed by atoms with E-state index in [0.717, 1.165) is 19.6 Å². The van der Waals surface area contributed by atoms with Crippen molar-refractivity contribution in [3.63, 3.8) is 0 Å². The largest absolute Gasteiger partial charge is 0.382 e. The zero-order chi connectivity index (χ0) is 8.97. The molecule has 1 aliphatic rings. The van der Waals surface area contributed by atoms with Gasteiger partial charge in [0.05, 0.1) is 12.6 Å². The molecule has 4 heteroatoms. The van der Waals surface area contributed by atoms with Crippen LogP contribution in [0.25, 0.3) is 0 Å². The highest BCUT2D eigenvalue weighted by atomic mass is 16.5. The van der Waals surface area contributed by atoms with E-state index in [0.29, 0.717) is 6.61 Å². The van der Waals surface area contributed by atoms with Gasteiger partial charge >= 0.3 is 0 Å². The molecule has 1 saturated heterocycles. The smallest absolute Gasteiger partial charge is 0.219 e. The molecule has 1 aliphatic heterocycles. The Balaban J connectivity index is 2.48. The molecule has 0 radical (unpaired) electrons. The molecule has 70 valence electrons. The van der Waals surface area contributed by atoms with E-state index in [9.17, 15) is 4.79 Å². The second-order valence-electron chi connectivity index (χ2n) is 3.03. The van der Waals surface area contributed by atoms with Gasteiger partial charge < -0.3 is 15.0 Å². The molecule has 1 fully saturated rings. The van der Waals surface area contributed by atoms with E-state index in [1.807, 2.05) is 4.90 Å². The number of hydrogen-bond donors (Lipinski definition) is 1. The van der Waals surface area contributed by atoms with Gasteiger partial charge in [0.2, 0.25) is 5.91 Å². The van der Waals surface area contributed by atoms with E-state index in [2.05, 4.69) is 5.32 Å². The molecule has 1 N–H and O–H groups in total. The first kappa shape index (κ1) is 9.48. The van der Waals surface area contributed by atoms with Crippen molar-refractivity contribution >= 4 is 5.91 Å². The maximum Gasteiger partial charge on any atom is 0.219 e. The van der Waals surface area contributed by atoms with Gasteiger partial charge in [0.25, 0.3) is 0 Å². The fraction of sp³-hybridized carbons (Fsp3) is 0.875. The van der Waals surface area contributed by atoms with Crippen molar-refractivity contribution < 1.29 is 9.53 Å². The van der Waals surface area contributed by atoms with Crippen molar-refractivity contribution in [2.45, 2.75) is 13.0 Å². The van der Waals surface area contributed by atoms with Crippen LogP contribution in [0.4, 0.5) is 0 Å². The first-order valence-corrected chi connectivity index (χ1v) is 4.22. The van der Waals surface area contributed by atoms with Crippen LogP contribution in [-0.4, -0.2) is 50.2 Å². The number of nitrogens with zero attached hydrogens (tertiary/aromatic N) is 1. The number of amides is 1. The highest BCUT2D eigenvalue weighted by Gasteiger charge is 2.23. The molecule has 12 heavy (non-hydrogen) atoms. The molecule has 0 aromatic carbocycles. The van der Waals surface area contributed by atoms with E-state index >= 15 is 0 Å². The van der Waals surface area contributed by atoms with Crippen molar-refractivity contribution in [3.05, 3.63) is 0 Å². The zero-order valence-corrected chi connectivity index (χ0v) is 7.67. The van der Waals surface area contributed by atoms with Gasteiger partial charge in [0.15, 0.2) is 0 Å². The molecule has 0 aromatic heterocycles. The number of piperazine rings is 1. The summed E-state index contributed by atoms with van der Waals surface area (Å²) in [4.78, 5) is 13.0. The molecule has 1 amide bonds. The number of rotatable bonds is 2. The van der Waals surface area contributed by atoms with Crippen LogP contribution in [0.3, 0.4) is 0 Å².